The van der Waals surface area contributed by atoms with Gasteiger partial charge in [-0.1, -0.05) is 15.9 Å². The summed E-state index contributed by atoms with van der Waals surface area (Å²) < 4.78 is 11.4. The number of Topliss-reactive ketones (excluding diaryl/α,β-unsaturated/α-hetero) is 1. The van der Waals surface area contributed by atoms with Crippen LogP contribution in [0, 0.1) is 0 Å². The van der Waals surface area contributed by atoms with Crippen LogP contribution in [0.4, 0.5) is 0 Å². The molecule has 1 heterocycles. The van der Waals surface area contributed by atoms with Crippen LogP contribution < -0.4 is 9.47 Å². The van der Waals surface area contributed by atoms with Gasteiger partial charge in [-0.05, 0) is 12.1 Å². The lowest BCUT2D eigenvalue weighted by Gasteiger charge is -2.19. The van der Waals surface area contributed by atoms with E-state index in [1.165, 1.54) is 0 Å². The summed E-state index contributed by atoms with van der Waals surface area (Å²) in [6, 6.07) is 3.68. The summed E-state index contributed by atoms with van der Waals surface area (Å²) in [6.45, 7) is 0.139. The molecule has 1 aromatic carbocycles. The van der Waals surface area contributed by atoms with E-state index in [9.17, 15) is 4.79 Å². The predicted octanol–water partition coefficient (Wildman–Crippen LogP) is 1.96. The summed E-state index contributed by atoms with van der Waals surface area (Å²) in [5.74, 6) is 1.45. The Balaban J connectivity index is 2.54. The SMILES string of the molecule is COc1ccc(Br)c2c1OCC(=O)C2. The van der Waals surface area contributed by atoms with Gasteiger partial charge in [0.25, 0.3) is 0 Å². The van der Waals surface area contributed by atoms with E-state index in [2.05, 4.69) is 15.9 Å². The van der Waals surface area contributed by atoms with E-state index in [1.54, 1.807) is 7.11 Å². The number of ketones is 1. The third-order valence-electron chi connectivity index (χ3n) is 2.14. The van der Waals surface area contributed by atoms with Crippen LogP contribution in [-0.4, -0.2) is 19.5 Å². The second-order valence-electron chi connectivity index (χ2n) is 3.06. The van der Waals surface area contributed by atoms with Crippen LogP contribution in [-0.2, 0) is 11.2 Å². The molecule has 2 rings (SSSR count). The molecule has 0 unspecified atom stereocenters. The van der Waals surface area contributed by atoms with Gasteiger partial charge < -0.3 is 9.47 Å². The Morgan fingerprint density at radius 1 is 1.50 bits per heavy atom. The average Bonchev–Trinajstić information content (AvgIpc) is 2.19. The number of hydrogen-bond acceptors (Lipinski definition) is 3. The molecular formula is C10H9BrO3. The van der Waals surface area contributed by atoms with Crippen LogP contribution in [0.5, 0.6) is 11.5 Å². The first kappa shape index (κ1) is 9.52. The molecule has 3 nitrogen and oxygen atoms in total. The molecule has 0 saturated carbocycles. The second-order valence-corrected chi connectivity index (χ2v) is 3.92. The van der Waals surface area contributed by atoms with Crippen molar-refractivity contribution in [2.75, 3.05) is 13.7 Å². The molecule has 1 aliphatic heterocycles. The fourth-order valence-electron chi connectivity index (χ4n) is 1.47. The van der Waals surface area contributed by atoms with Crippen molar-refractivity contribution in [3.8, 4) is 11.5 Å². The summed E-state index contributed by atoms with van der Waals surface area (Å²) in [7, 11) is 1.59. The molecule has 0 atom stereocenters. The molecule has 1 aromatic rings. The zero-order chi connectivity index (χ0) is 10.1. The molecule has 0 saturated heterocycles. The van der Waals surface area contributed by atoms with Crippen molar-refractivity contribution in [3.63, 3.8) is 0 Å². The average molecular weight is 257 g/mol. The van der Waals surface area contributed by atoms with Gasteiger partial charge in [0.05, 0.1) is 7.11 Å². The molecule has 0 aromatic heterocycles. The molecule has 1 aliphatic rings. The zero-order valence-electron chi connectivity index (χ0n) is 7.67. The van der Waals surface area contributed by atoms with E-state index >= 15 is 0 Å². The molecule has 74 valence electrons. The minimum Gasteiger partial charge on any atom is -0.493 e. The minimum absolute atomic E-state index is 0.0893. The van der Waals surface area contributed by atoms with Crippen molar-refractivity contribution in [2.45, 2.75) is 6.42 Å². The van der Waals surface area contributed by atoms with E-state index in [0.717, 1.165) is 10.0 Å². The van der Waals surface area contributed by atoms with Crippen molar-refractivity contribution >= 4 is 21.7 Å². The Kier molecular flexibility index (Phi) is 2.46. The Hall–Kier alpha value is -1.03. The monoisotopic (exact) mass is 256 g/mol. The molecular weight excluding hydrogens is 248 g/mol. The summed E-state index contributed by atoms with van der Waals surface area (Å²) in [5, 5.41) is 0. The Labute approximate surface area is 90.1 Å². The highest BCUT2D eigenvalue weighted by atomic mass is 79.9. The minimum atomic E-state index is 0.0893. The number of fused-ring (bicyclic) bond motifs is 1. The van der Waals surface area contributed by atoms with Crippen molar-refractivity contribution in [1.82, 2.24) is 0 Å². The van der Waals surface area contributed by atoms with E-state index < -0.39 is 0 Å². The van der Waals surface area contributed by atoms with Crippen LogP contribution in [0.25, 0.3) is 0 Å². The number of methoxy groups -OCH3 is 1. The lowest BCUT2D eigenvalue weighted by atomic mass is 10.1. The number of hydrogen-bond donors (Lipinski definition) is 0. The van der Waals surface area contributed by atoms with Gasteiger partial charge in [0.15, 0.2) is 17.3 Å². The lowest BCUT2D eigenvalue weighted by molar-refractivity contribution is -0.121. The summed E-state index contributed by atoms with van der Waals surface area (Å²) in [4.78, 5) is 11.2. The smallest absolute Gasteiger partial charge is 0.174 e. The maximum Gasteiger partial charge on any atom is 0.174 e. The molecule has 0 bridgehead atoms. The van der Waals surface area contributed by atoms with Crippen LogP contribution in [0.2, 0.25) is 0 Å². The maximum absolute atomic E-state index is 11.2. The molecule has 0 radical (unpaired) electrons. The Morgan fingerprint density at radius 3 is 3.00 bits per heavy atom. The molecule has 0 amide bonds. The summed E-state index contributed by atoms with van der Waals surface area (Å²) >= 11 is 3.39. The summed E-state index contributed by atoms with van der Waals surface area (Å²) in [6.07, 6.45) is 0.410. The first-order valence-electron chi connectivity index (χ1n) is 4.22. The van der Waals surface area contributed by atoms with Crippen LogP contribution in [0.15, 0.2) is 16.6 Å². The number of carbonyl (C=O) groups is 1. The van der Waals surface area contributed by atoms with Crippen molar-refractivity contribution in [1.29, 1.82) is 0 Å². The number of carbonyl (C=O) groups excluding carboxylic acids is 1. The maximum atomic E-state index is 11.2. The van der Waals surface area contributed by atoms with Gasteiger partial charge in [0.2, 0.25) is 0 Å². The highest BCUT2D eigenvalue weighted by Gasteiger charge is 2.22. The Morgan fingerprint density at radius 2 is 2.29 bits per heavy atom. The number of halogens is 1. The fraction of sp³-hybridized carbons (Fsp3) is 0.300. The van der Waals surface area contributed by atoms with Crippen molar-refractivity contribution in [3.05, 3.63) is 22.2 Å². The van der Waals surface area contributed by atoms with Crippen LogP contribution >= 0.6 is 15.9 Å². The van der Waals surface area contributed by atoms with Gasteiger partial charge in [-0.3, -0.25) is 4.79 Å². The van der Waals surface area contributed by atoms with Crippen molar-refractivity contribution in [2.24, 2.45) is 0 Å². The molecule has 0 spiro atoms. The highest BCUT2D eigenvalue weighted by Crippen LogP contribution is 2.38. The molecule has 4 heteroatoms. The standard InChI is InChI=1S/C10H9BrO3/c1-13-9-3-2-8(11)7-4-6(12)5-14-10(7)9/h2-3H,4-5H2,1H3. The van der Waals surface area contributed by atoms with E-state index in [4.69, 9.17) is 9.47 Å². The predicted molar refractivity (Wildman–Crippen MR) is 54.9 cm³/mol. The van der Waals surface area contributed by atoms with Crippen LogP contribution in [0.3, 0.4) is 0 Å². The normalized spacial score (nSPS) is 14.6. The van der Waals surface area contributed by atoms with Gasteiger partial charge in [0, 0.05) is 16.5 Å². The fourth-order valence-corrected chi connectivity index (χ4v) is 1.92. The van der Waals surface area contributed by atoms with Gasteiger partial charge in [-0.2, -0.15) is 0 Å². The number of ether oxygens (including phenoxy) is 2. The van der Waals surface area contributed by atoms with Gasteiger partial charge in [0.1, 0.15) is 6.61 Å². The van der Waals surface area contributed by atoms with Gasteiger partial charge >= 0.3 is 0 Å². The second kappa shape index (κ2) is 3.61. The molecule has 14 heavy (non-hydrogen) atoms. The van der Waals surface area contributed by atoms with Crippen LogP contribution in [0.1, 0.15) is 5.56 Å². The largest absolute Gasteiger partial charge is 0.493 e. The topological polar surface area (TPSA) is 35.5 Å². The third kappa shape index (κ3) is 1.50. The molecule has 0 aliphatic carbocycles. The van der Waals surface area contributed by atoms with E-state index in [-0.39, 0.29) is 12.4 Å². The zero-order valence-corrected chi connectivity index (χ0v) is 9.26. The number of benzene rings is 1. The summed E-state index contributed by atoms with van der Waals surface area (Å²) in [5.41, 5.74) is 0.876. The van der Waals surface area contributed by atoms with Crippen molar-refractivity contribution < 1.29 is 14.3 Å². The van der Waals surface area contributed by atoms with E-state index in [1.807, 2.05) is 12.1 Å². The third-order valence-corrected chi connectivity index (χ3v) is 2.88. The number of rotatable bonds is 1. The first-order chi connectivity index (χ1) is 6.72. The quantitative estimate of drug-likeness (QED) is 0.771. The lowest BCUT2D eigenvalue weighted by Crippen LogP contribution is -2.21. The molecule has 0 N–H and O–H groups in total. The van der Waals surface area contributed by atoms with Gasteiger partial charge in [-0.15, -0.1) is 0 Å². The Bertz CT molecular complexity index is 387. The highest BCUT2D eigenvalue weighted by molar-refractivity contribution is 9.10. The van der Waals surface area contributed by atoms with E-state index in [0.29, 0.717) is 17.9 Å². The van der Waals surface area contributed by atoms with Gasteiger partial charge in [-0.25, -0.2) is 0 Å². The first-order valence-corrected chi connectivity index (χ1v) is 5.01. The molecule has 0 fully saturated rings.